The van der Waals surface area contributed by atoms with Crippen molar-refractivity contribution in [3.8, 4) is 0 Å². The maximum atomic E-state index is 6.33. The minimum absolute atomic E-state index is 0.116. The zero-order valence-corrected chi connectivity index (χ0v) is 21.4. The molecule has 2 aliphatic heterocycles. The molecule has 0 N–H and O–H groups in total. The number of fused-ring (bicyclic) bond motifs is 4. The van der Waals surface area contributed by atoms with Crippen molar-refractivity contribution in [1.82, 2.24) is 0 Å². The fraction of sp³-hybridized carbons (Fsp3) is 0.258. The fourth-order valence-electron chi connectivity index (χ4n) is 6.08. The van der Waals surface area contributed by atoms with Crippen LogP contribution >= 0.6 is 11.6 Å². The highest BCUT2D eigenvalue weighted by atomic mass is 35.5. The van der Waals surface area contributed by atoms with E-state index in [-0.39, 0.29) is 10.8 Å². The molecule has 0 aromatic heterocycles. The average molecular weight is 468 g/mol. The van der Waals surface area contributed by atoms with Crippen LogP contribution in [0.4, 0.5) is 11.4 Å². The lowest BCUT2D eigenvalue weighted by molar-refractivity contribution is -0.401. The summed E-state index contributed by atoms with van der Waals surface area (Å²) in [7, 11) is 4.32. The molecule has 0 aliphatic carbocycles. The van der Waals surface area contributed by atoms with Crippen LogP contribution in [0.25, 0.3) is 10.8 Å². The van der Waals surface area contributed by atoms with E-state index in [1.165, 1.54) is 44.7 Å². The van der Waals surface area contributed by atoms with E-state index < -0.39 is 0 Å². The molecule has 0 bridgehead atoms. The first-order valence-electron chi connectivity index (χ1n) is 11.9. The standard InChI is InChI=1S/C31H32ClN2/c1-7-19-31(4)28(34(6)26-17-15-21-11-8-9-12-23(21)29(26)31)14-10-13-27-30(2,3)24-20-22(32)16-18-25(24)33(27)5/h7-18,20H,1,19H2,2-6H3/q+1. The molecule has 3 aromatic carbocycles. The summed E-state index contributed by atoms with van der Waals surface area (Å²) in [5.74, 6) is 0. The van der Waals surface area contributed by atoms with Gasteiger partial charge in [-0.1, -0.05) is 54.1 Å². The zero-order valence-electron chi connectivity index (χ0n) is 20.7. The van der Waals surface area contributed by atoms with Crippen LogP contribution in [0, 0.1) is 0 Å². The second kappa shape index (κ2) is 7.99. The maximum Gasteiger partial charge on any atom is 0.209 e. The highest BCUT2D eigenvalue weighted by Gasteiger charge is 2.44. The molecule has 5 rings (SSSR count). The SMILES string of the molecule is C=CCC1(C)/C(=C\C=C\C2=[N+](C)c3ccc(Cl)cc3C2(C)C)N(C)c2ccc3ccccc3c21. The highest BCUT2D eigenvalue weighted by Crippen LogP contribution is 2.52. The number of rotatable bonds is 4. The third-order valence-corrected chi connectivity index (χ3v) is 8.04. The Morgan fingerprint density at radius 1 is 1.06 bits per heavy atom. The van der Waals surface area contributed by atoms with E-state index in [9.17, 15) is 0 Å². The van der Waals surface area contributed by atoms with Crippen molar-refractivity contribution in [2.24, 2.45) is 0 Å². The third-order valence-electron chi connectivity index (χ3n) is 7.80. The van der Waals surface area contributed by atoms with Gasteiger partial charge < -0.3 is 4.90 Å². The molecule has 172 valence electrons. The van der Waals surface area contributed by atoms with E-state index in [1.54, 1.807) is 0 Å². The Labute approximate surface area is 208 Å². The largest absolute Gasteiger partial charge is 0.347 e. The van der Waals surface area contributed by atoms with E-state index in [2.05, 4.69) is 118 Å². The van der Waals surface area contributed by atoms with Gasteiger partial charge in [0.05, 0.1) is 5.41 Å². The summed E-state index contributed by atoms with van der Waals surface area (Å²) in [6, 6.07) is 19.4. The molecule has 0 amide bonds. The van der Waals surface area contributed by atoms with E-state index in [4.69, 9.17) is 11.6 Å². The summed E-state index contributed by atoms with van der Waals surface area (Å²) in [4.78, 5) is 2.35. The summed E-state index contributed by atoms with van der Waals surface area (Å²) in [6.45, 7) is 11.0. The van der Waals surface area contributed by atoms with Gasteiger partial charge >= 0.3 is 0 Å². The molecule has 0 saturated heterocycles. The lowest BCUT2D eigenvalue weighted by atomic mass is 9.76. The zero-order chi connectivity index (χ0) is 24.3. The Morgan fingerprint density at radius 3 is 2.59 bits per heavy atom. The molecule has 1 atom stereocenters. The van der Waals surface area contributed by atoms with Crippen LogP contribution < -0.4 is 4.90 Å². The first kappa shape index (κ1) is 22.7. The minimum Gasteiger partial charge on any atom is -0.347 e. The van der Waals surface area contributed by atoms with Gasteiger partial charge in [-0.15, -0.1) is 6.58 Å². The number of nitrogens with zero attached hydrogens (tertiary/aromatic N) is 2. The van der Waals surface area contributed by atoms with Crippen LogP contribution in [0.3, 0.4) is 0 Å². The Hall–Kier alpha value is -3.10. The number of hydrogen-bond donors (Lipinski definition) is 0. The van der Waals surface area contributed by atoms with Crippen LogP contribution in [0.5, 0.6) is 0 Å². The summed E-state index contributed by atoms with van der Waals surface area (Å²) < 4.78 is 2.28. The van der Waals surface area contributed by atoms with Gasteiger partial charge in [-0.25, -0.2) is 0 Å². The third kappa shape index (κ3) is 3.20. The van der Waals surface area contributed by atoms with Gasteiger partial charge in [-0.2, -0.15) is 4.58 Å². The van der Waals surface area contributed by atoms with Gasteiger partial charge in [0.2, 0.25) is 5.69 Å². The maximum absolute atomic E-state index is 6.33. The number of anilines is 1. The number of benzene rings is 3. The summed E-state index contributed by atoms with van der Waals surface area (Å²) >= 11 is 6.33. The van der Waals surface area contributed by atoms with Crippen LogP contribution in [0.15, 0.2) is 91.2 Å². The summed E-state index contributed by atoms with van der Waals surface area (Å²) in [6.07, 6.45) is 9.67. The lowest BCUT2D eigenvalue weighted by Gasteiger charge is -2.28. The minimum atomic E-state index is -0.144. The van der Waals surface area contributed by atoms with Crippen LogP contribution in [0.2, 0.25) is 5.02 Å². The topological polar surface area (TPSA) is 6.25 Å². The van der Waals surface area contributed by atoms with E-state index in [1.807, 2.05) is 12.1 Å². The number of halogens is 1. The Morgan fingerprint density at radius 2 is 1.82 bits per heavy atom. The van der Waals surface area contributed by atoms with Crippen molar-refractivity contribution in [3.63, 3.8) is 0 Å². The molecule has 0 spiro atoms. The highest BCUT2D eigenvalue weighted by molar-refractivity contribution is 6.30. The van der Waals surface area contributed by atoms with Crippen molar-refractivity contribution in [2.45, 2.75) is 38.0 Å². The molecule has 3 heteroatoms. The number of allylic oxidation sites excluding steroid dienone is 5. The molecule has 2 heterocycles. The molecule has 0 radical (unpaired) electrons. The Balaban J connectivity index is 1.59. The molecule has 1 unspecified atom stereocenters. The van der Waals surface area contributed by atoms with Gasteiger partial charge in [0.15, 0.2) is 5.71 Å². The van der Waals surface area contributed by atoms with Crippen molar-refractivity contribution in [2.75, 3.05) is 19.0 Å². The smallest absolute Gasteiger partial charge is 0.209 e. The second-order valence-electron chi connectivity index (χ2n) is 10.2. The van der Waals surface area contributed by atoms with Crippen LogP contribution in [-0.4, -0.2) is 24.4 Å². The molecule has 2 aliphatic rings. The fourth-order valence-corrected chi connectivity index (χ4v) is 6.25. The van der Waals surface area contributed by atoms with Gasteiger partial charge in [0.1, 0.15) is 7.05 Å². The molecular weight excluding hydrogens is 436 g/mol. The molecule has 2 nitrogen and oxygen atoms in total. The Bertz CT molecular complexity index is 1420. The second-order valence-corrected chi connectivity index (χ2v) is 10.6. The van der Waals surface area contributed by atoms with Crippen molar-refractivity contribution < 1.29 is 4.58 Å². The summed E-state index contributed by atoms with van der Waals surface area (Å²) in [5.41, 5.74) is 7.43. The molecule has 0 saturated carbocycles. The predicted octanol–water partition coefficient (Wildman–Crippen LogP) is 7.92. The average Bonchev–Trinajstić information content (AvgIpc) is 3.13. The van der Waals surface area contributed by atoms with Gasteiger partial charge in [0, 0.05) is 46.6 Å². The lowest BCUT2D eigenvalue weighted by Crippen LogP contribution is -2.27. The normalized spacial score (nSPS) is 22.2. The Kier molecular flexibility index (Phi) is 5.33. The first-order valence-corrected chi connectivity index (χ1v) is 12.2. The molecular formula is C31H32ClN2+. The molecule has 0 fully saturated rings. The van der Waals surface area contributed by atoms with Gasteiger partial charge in [-0.05, 0) is 67.8 Å². The van der Waals surface area contributed by atoms with Crippen molar-refractivity contribution in [1.29, 1.82) is 0 Å². The van der Waals surface area contributed by atoms with Crippen LogP contribution in [0.1, 0.15) is 38.3 Å². The number of likely N-dealkylation sites (N-methyl/N-ethyl adjacent to an activating group) is 1. The van der Waals surface area contributed by atoms with Gasteiger partial charge in [-0.3, -0.25) is 0 Å². The van der Waals surface area contributed by atoms with Crippen molar-refractivity contribution >= 4 is 39.5 Å². The quantitative estimate of drug-likeness (QED) is 0.279. The summed E-state index contributed by atoms with van der Waals surface area (Å²) in [5, 5.41) is 3.38. The van der Waals surface area contributed by atoms with Gasteiger partial charge in [0.25, 0.3) is 0 Å². The molecule has 3 aromatic rings. The van der Waals surface area contributed by atoms with E-state index >= 15 is 0 Å². The molecule has 34 heavy (non-hydrogen) atoms. The van der Waals surface area contributed by atoms with E-state index in [0.717, 1.165) is 11.4 Å². The monoisotopic (exact) mass is 467 g/mol. The number of hydrogen-bond acceptors (Lipinski definition) is 1. The first-order chi connectivity index (χ1) is 16.2. The van der Waals surface area contributed by atoms with Crippen LogP contribution in [-0.2, 0) is 10.8 Å². The predicted molar refractivity (Wildman–Crippen MR) is 147 cm³/mol. The van der Waals surface area contributed by atoms with E-state index in [0.29, 0.717) is 0 Å². The van der Waals surface area contributed by atoms with Crippen molar-refractivity contribution in [3.05, 3.63) is 107 Å².